The Morgan fingerprint density at radius 3 is 2.47 bits per heavy atom. The van der Waals surface area contributed by atoms with Gasteiger partial charge < -0.3 is 4.43 Å². The fourth-order valence-electron chi connectivity index (χ4n) is 3.54. The molecule has 0 aliphatic heterocycles. The van der Waals surface area contributed by atoms with Crippen LogP contribution in [-0.4, -0.2) is 19.8 Å². The zero-order valence-corrected chi connectivity index (χ0v) is 15.7. The number of alkyl halides is 1. The fourth-order valence-corrected chi connectivity index (χ4v) is 5.85. The van der Waals surface area contributed by atoms with Gasteiger partial charge in [-0.1, -0.05) is 48.9 Å². The van der Waals surface area contributed by atoms with Crippen molar-refractivity contribution in [3.8, 4) is 0 Å². The lowest BCUT2D eigenvalue weighted by atomic mass is 9.93. The standard InChI is InChI=1S/C16H29BrOSi/c1-11-7-12-8-13(9-14(12)15(11)10-17)18-19(5,6)16(2,3)4/h12-15H,1,7-10H2,2-6H3/t12-,13+,14+,15?/m1/s1. The van der Waals surface area contributed by atoms with Crippen molar-refractivity contribution in [2.24, 2.45) is 17.8 Å². The summed E-state index contributed by atoms with van der Waals surface area (Å²) in [7, 11) is -1.60. The molecule has 0 N–H and O–H groups in total. The summed E-state index contributed by atoms with van der Waals surface area (Å²) in [6.45, 7) is 16.0. The molecule has 0 radical (unpaired) electrons. The molecule has 0 amide bonds. The molecule has 3 heteroatoms. The van der Waals surface area contributed by atoms with Crippen LogP contribution in [0.2, 0.25) is 18.1 Å². The number of hydrogen-bond acceptors (Lipinski definition) is 1. The first kappa shape index (κ1) is 15.8. The van der Waals surface area contributed by atoms with Crippen LogP contribution in [0.1, 0.15) is 40.0 Å². The van der Waals surface area contributed by atoms with E-state index in [4.69, 9.17) is 4.43 Å². The summed E-state index contributed by atoms with van der Waals surface area (Å²) < 4.78 is 6.62. The minimum absolute atomic E-state index is 0.323. The predicted molar refractivity (Wildman–Crippen MR) is 89.3 cm³/mol. The molecule has 0 aromatic carbocycles. The number of halogens is 1. The molecule has 0 aromatic heterocycles. The van der Waals surface area contributed by atoms with Gasteiger partial charge in [0.25, 0.3) is 0 Å². The lowest BCUT2D eigenvalue weighted by molar-refractivity contribution is 0.177. The lowest BCUT2D eigenvalue weighted by Crippen LogP contribution is -2.43. The number of allylic oxidation sites excluding steroid dienone is 1. The summed E-state index contributed by atoms with van der Waals surface area (Å²) in [6.07, 6.45) is 4.26. The molecule has 4 atom stereocenters. The molecule has 0 bridgehead atoms. The van der Waals surface area contributed by atoms with Crippen LogP contribution in [0.15, 0.2) is 12.2 Å². The normalized spacial score (nSPS) is 35.8. The first-order valence-electron chi connectivity index (χ1n) is 7.57. The first-order chi connectivity index (χ1) is 8.65. The minimum Gasteiger partial charge on any atom is -0.414 e. The van der Waals surface area contributed by atoms with Crippen molar-refractivity contribution in [1.82, 2.24) is 0 Å². The second-order valence-corrected chi connectivity index (χ2v) is 13.4. The second-order valence-electron chi connectivity index (χ2n) is 8.02. The van der Waals surface area contributed by atoms with Crippen LogP contribution >= 0.6 is 15.9 Å². The Kier molecular flexibility index (Phi) is 4.41. The highest BCUT2D eigenvalue weighted by molar-refractivity contribution is 9.09. The number of fused-ring (bicyclic) bond motifs is 1. The quantitative estimate of drug-likeness (QED) is 0.379. The smallest absolute Gasteiger partial charge is 0.192 e. The van der Waals surface area contributed by atoms with E-state index in [1.165, 1.54) is 24.8 Å². The zero-order chi connectivity index (χ0) is 14.4. The van der Waals surface area contributed by atoms with Gasteiger partial charge in [0.1, 0.15) is 0 Å². The molecule has 2 saturated carbocycles. The van der Waals surface area contributed by atoms with Crippen molar-refractivity contribution < 1.29 is 4.43 Å². The molecule has 2 rings (SSSR count). The topological polar surface area (TPSA) is 9.23 Å². The van der Waals surface area contributed by atoms with Gasteiger partial charge in [-0.15, -0.1) is 0 Å². The Morgan fingerprint density at radius 1 is 1.32 bits per heavy atom. The third-order valence-corrected chi connectivity index (χ3v) is 10.9. The van der Waals surface area contributed by atoms with E-state index < -0.39 is 8.32 Å². The molecule has 2 aliphatic carbocycles. The van der Waals surface area contributed by atoms with Crippen LogP contribution in [-0.2, 0) is 4.43 Å². The maximum absolute atomic E-state index is 6.62. The van der Waals surface area contributed by atoms with Gasteiger partial charge in [0.2, 0.25) is 0 Å². The Hall–Kier alpha value is 0.397. The largest absolute Gasteiger partial charge is 0.414 e. The van der Waals surface area contributed by atoms with Crippen molar-refractivity contribution >= 4 is 24.2 Å². The van der Waals surface area contributed by atoms with Crippen LogP contribution in [0.25, 0.3) is 0 Å². The maximum Gasteiger partial charge on any atom is 0.192 e. The van der Waals surface area contributed by atoms with Gasteiger partial charge in [0, 0.05) is 11.4 Å². The highest BCUT2D eigenvalue weighted by Crippen LogP contribution is 2.52. The highest BCUT2D eigenvalue weighted by atomic mass is 79.9. The predicted octanol–water partition coefficient (Wildman–Crippen LogP) is 5.37. The van der Waals surface area contributed by atoms with E-state index in [0.29, 0.717) is 17.1 Å². The third-order valence-electron chi connectivity index (χ3n) is 5.71. The molecule has 2 fully saturated rings. The second kappa shape index (κ2) is 5.30. The van der Waals surface area contributed by atoms with Gasteiger partial charge >= 0.3 is 0 Å². The summed E-state index contributed by atoms with van der Waals surface area (Å²) in [4.78, 5) is 0. The van der Waals surface area contributed by atoms with E-state index in [1.54, 1.807) is 0 Å². The van der Waals surface area contributed by atoms with Crippen LogP contribution in [0.4, 0.5) is 0 Å². The molecule has 19 heavy (non-hydrogen) atoms. The molecule has 0 spiro atoms. The molecule has 0 saturated heterocycles. The molecule has 0 aromatic rings. The highest BCUT2D eigenvalue weighted by Gasteiger charge is 2.47. The number of hydrogen-bond donors (Lipinski definition) is 0. The van der Waals surface area contributed by atoms with Crippen molar-refractivity contribution in [2.45, 2.75) is 64.3 Å². The Balaban J connectivity index is 1.99. The van der Waals surface area contributed by atoms with E-state index in [9.17, 15) is 0 Å². The Morgan fingerprint density at radius 2 is 1.95 bits per heavy atom. The Labute approximate surface area is 128 Å². The molecular formula is C16H29BrOSi. The lowest BCUT2D eigenvalue weighted by Gasteiger charge is -2.38. The zero-order valence-electron chi connectivity index (χ0n) is 13.1. The molecule has 1 nitrogen and oxygen atoms in total. The van der Waals surface area contributed by atoms with Gasteiger partial charge in [0.15, 0.2) is 8.32 Å². The van der Waals surface area contributed by atoms with Crippen LogP contribution < -0.4 is 0 Å². The molecule has 110 valence electrons. The summed E-state index contributed by atoms with van der Waals surface area (Å²) in [5.41, 5.74) is 1.47. The van der Waals surface area contributed by atoms with Crippen molar-refractivity contribution in [1.29, 1.82) is 0 Å². The summed E-state index contributed by atoms with van der Waals surface area (Å²) >= 11 is 3.67. The summed E-state index contributed by atoms with van der Waals surface area (Å²) in [5, 5.41) is 1.41. The van der Waals surface area contributed by atoms with Gasteiger partial charge in [-0.2, -0.15) is 0 Å². The average Bonchev–Trinajstić information content (AvgIpc) is 2.71. The first-order valence-corrected chi connectivity index (χ1v) is 11.6. The van der Waals surface area contributed by atoms with Gasteiger partial charge in [0.05, 0.1) is 0 Å². The van der Waals surface area contributed by atoms with Crippen LogP contribution in [0.5, 0.6) is 0 Å². The monoisotopic (exact) mass is 344 g/mol. The van der Waals surface area contributed by atoms with Gasteiger partial charge in [-0.3, -0.25) is 0 Å². The maximum atomic E-state index is 6.62. The van der Waals surface area contributed by atoms with E-state index in [-0.39, 0.29) is 0 Å². The van der Waals surface area contributed by atoms with Crippen LogP contribution in [0.3, 0.4) is 0 Å². The summed E-state index contributed by atoms with van der Waals surface area (Å²) in [6, 6.07) is 0. The van der Waals surface area contributed by atoms with Crippen molar-refractivity contribution in [3.63, 3.8) is 0 Å². The van der Waals surface area contributed by atoms with E-state index in [0.717, 1.165) is 17.2 Å². The van der Waals surface area contributed by atoms with E-state index in [2.05, 4.69) is 56.4 Å². The van der Waals surface area contributed by atoms with Gasteiger partial charge in [-0.05, 0) is 55.1 Å². The minimum atomic E-state index is -1.60. The van der Waals surface area contributed by atoms with Gasteiger partial charge in [-0.25, -0.2) is 0 Å². The molecule has 0 heterocycles. The molecule has 1 unspecified atom stereocenters. The number of rotatable bonds is 3. The van der Waals surface area contributed by atoms with Crippen LogP contribution in [0, 0.1) is 17.8 Å². The fraction of sp³-hybridized carbons (Fsp3) is 0.875. The Bertz CT molecular complexity index is 358. The molecule has 2 aliphatic rings. The summed E-state index contributed by atoms with van der Waals surface area (Å²) in [5.74, 6) is 2.35. The molecular weight excluding hydrogens is 316 g/mol. The van der Waals surface area contributed by atoms with E-state index in [1.807, 2.05) is 0 Å². The van der Waals surface area contributed by atoms with Crippen molar-refractivity contribution in [3.05, 3.63) is 12.2 Å². The third kappa shape index (κ3) is 3.03. The van der Waals surface area contributed by atoms with E-state index >= 15 is 0 Å². The SMILES string of the molecule is C=C1C[C@@H]2C[C@H](O[Si](C)(C)C(C)(C)C)C[C@@H]2C1CBr. The average molecular weight is 345 g/mol. The van der Waals surface area contributed by atoms with Crippen molar-refractivity contribution in [2.75, 3.05) is 5.33 Å².